The lowest BCUT2D eigenvalue weighted by Crippen LogP contribution is -2.41. The van der Waals surface area contributed by atoms with Crippen molar-refractivity contribution in [1.82, 2.24) is 39.3 Å². The molecule has 3 unspecified atom stereocenters. The van der Waals surface area contributed by atoms with Crippen molar-refractivity contribution in [3.63, 3.8) is 0 Å². The Kier molecular flexibility index (Phi) is 18.4. The van der Waals surface area contributed by atoms with Crippen LogP contribution < -0.4 is 24.1 Å². The average Bonchev–Trinajstić information content (AvgIpc) is 3.32. The van der Waals surface area contributed by atoms with E-state index in [1.807, 2.05) is 29.2 Å². The molecular formula is C47H59ClF2N12O6S3. The van der Waals surface area contributed by atoms with Crippen LogP contribution in [0.25, 0.3) is 37.6 Å². The number of nitrogens with zero attached hydrogens (tertiary/aromatic N) is 10. The zero-order valence-electron chi connectivity index (χ0n) is 40.0. The van der Waals surface area contributed by atoms with Crippen molar-refractivity contribution in [3.05, 3.63) is 96.1 Å². The predicted octanol–water partition coefficient (Wildman–Crippen LogP) is 6.24. The highest BCUT2D eigenvalue weighted by Gasteiger charge is 2.27. The molecule has 382 valence electrons. The van der Waals surface area contributed by atoms with Gasteiger partial charge < -0.3 is 14.7 Å². The van der Waals surface area contributed by atoms with Crippen molar-refractivity contribution in [2.75, 3.05) is 91.6 Å². The summed E-state index contributed by atoms with van der Waals surface area (Å²) < 4.78 is 101. The van der Waals surface area contributed by atoms with Crippen LogP contribution in [-0.4, -0.2) is 132 Å². The SMILES string of the molecule is CS(=O)(=O)CC1CCCN(c2ncnc3ccccc23)C1.Cc1cc2c(N3CCCC(CNS(C)(=O)=O)C3)ncnc2cc1F.Cl.[C-]#[N+]c1cc2c(N3CCCC(CNS(C)(=O)=O)C3)ncnc2cc1F. The third-order valence-corrected chi connectivity index (χ3v) is 14.9. The van der Waals surface area contributed by atoms with Crippen molar-refractivity contribution in [2.24, 2.45) is 17.8 Å². The number of para-hydroxylation sites is 1. The Labute approximate surface area is 420 Å². The van der Waals surface area contributed by atoms with Crippen molar-refractivity contribution < 1.29 is 34.0 Å². The van der Waals surface area contributed by atoms with E-state index in [2.05, 4.69) is 54.0 Å². The van der Waals surface area contributed by atoms with Crippen LogP contribution in [0.4, 0.5) is 31.9 Å². The largest absolute Gasteiger partial charge is 0.356 e. The lowest BCUT2D eigenvalue weighted by molar-refractivity contribution is 0.410. The van der Waals surface area contributed by atoms with Gasteiger partial charge in [-0.2, -0.15) is 0 Å². The lowest BCUT2D eigenvalue weighted by Gasteiger charge is -2.34. The summed E-state index contributed by atoms with van der Waals surface area (Å²) in [7, 11) is -9.34. The number of nitrogens with one attached hydrogen (secondary N) is 2. The zero-order valence-corrected chi connectivity index (χ0v) is 43.3. The van der Waals surface area contributed by atoms with Gasteiger partial charge in [0.15, 0.2) is 0 Å². The van der Waals surface area contributed by atoms with Gasteiger partial charge in [-0.15, -0.1) is 12.4 Å². The first-order valence-electron chi connectivity index (χ1n) is 23.0. The number of aryl methyl sites for hydroxylation is 1. The molecule has 0 saturated carbocycles. The van der Waals surface area contributed by atoms with Gasteiger partial charge in [-0.1, -0.05) is 12.1 Å². The van der Waals surface area contributed by atoms with Gasteiger partial charge in [0, 0.05) is 80.8 Å². The van der Waals surface area contributed by atoms with Gasteiger partial charge in [-0.25, -0.2) is 78.2 Å². The number of sulfonamides is 2. The number of benzene rings is 3. The van der Waals surface area contributed by atoms with Crippen molar-refractivity contribution >= 4 is 98.1 Å². The summed E-state index contributed by atoms with van der Waals surface area (Å²) in [6.45, 7) is 14.2. The van der Waals surface area contributed by atoms with Crippen LogP contribution in [0.3, 0.4) is 0 Å². The van der Waals surface area contributed by atoms with E-state index in [-0.39, 0.29) is 47.4 Å². The third kappa shape index (κ3) is 15.3. The number of halogens is 3. The number of hydrogen-bond donors (Lipinski definition) is 2. The number of sulfone groups is 1. The van der Waals surface area contributed by atoms with Gasteiger partial charge in [0.1, 0.15) is 57.9 Å². The molecule has 0 bridgehead atoms. The van der Waals surface area contributed by atoms with Gasteiger partial charge in [-0.3, -0.25) is 0 Å². The number of hydrogen-bond acceptors (Lipinski definition) is 15. The average molecular weight is 1060 g/mol. The molecule has 3 atom stereocenters. The summed E-state index contributed by atoms with van der Waals surface area (Å²) in [6, 6.07) is 13.9. The Morgan fingerprint density at radius 1 is 0.606 bits per heavy atom. The first kappa shape index (κ1) is 54.8. The van der Waals surface area contributed by atoms with Crippen LogP contribution in [0.15, 0.2) is 67.5 Å². The molecule has 3 aliphatic rings. The molecule has 71 heavy (non-hydrogen) atoms. The smallest absolute Gasteiger partial charge is 0.222 e. The first-order valence-corrected chi connectivity index (χ1v) is 28.8. The quantitative estimate of drug-likeness (QED) is 0.137. The number of piperidine rings is 3. The van der Waals surface area contributed by atoms with Crippen LogP contribution in [0.5, 0.6) is 0 Å². The van der Waals surface area contributed by atoms with Crippen molar-refractivity contribution in [2.45, 2.75) is 45.4 Å². The van der Waals surface area contributed by atoms with E-state index in [1.54, 1.807) is 19.3 Å². The minimum Gasteiger partial charge on any atom is -0.356 e. The Morgan fingerprint density at radius 3 is 1.54 bits per heavy atom. The van der Waals surface area contributed by atoms with Gasteiger partial charge in [-0.05, 0) is 99.1 Å². The third-order valence-electron chi connectivity index (χ3n) is 12.5. The predicted molar refractivity (Wildman–Crippen MR) is 277 cm³/mol. The highest BCUT2D eigenvalue weighted by atomic mass is 35.5. The van der Waals surface area contributed by atoms with Gasteiger partial charge in [0.05, 0.1) is 41.4 Å². The first-order chi connectivity index (χ1) is 33.2. The van der Waals surface area contributed by atoms with Crippen LogP contribution in [-0.2, 0) is 29.9 Å². The van der Waals surface area contributed by atoms with Crippen LogP contribution in [0.2, 0.25) is 0 Å². The molecule has 2 N–H and O–H groups in total. The maximum Gasteiger partial charge on any atom is 0.222 e. The molecule has 0 amide bonds. The van der Waals surface area contributed by atoms with Crippen LogP contribution in [0, 0.1) is 42.9 Å². The van der Waals surface area contributed by atoms with E-state index in [1.165, 1.54) is 43.4 Å². The molecule has 0 aliphatic carbocycles. The Balaban J connectivity index is 0.000000174. The molecule has 3 aromatic carbocycles. The topological polar surface area (TPSA) is 218 Å². The standard InChI is InChI=1S/C16H18FN5O2S.C16H21FN4O2S.C15H19N3O2S.ClH/c1-18-15-6-12-14(7-13(15)17)19-10-20-16(12)22-5-3-4-11(9-22)8-21-25(2,23)24;1-11-6-13-15(7-14(11)17)18-10-19-16(13)21-5-3-4-12(9-21)8-20-24(2,22)23;1-21(19,20)10-12-5-4-8-18(9-12)15-13-6-2-3-7-14(13)16-11-17-15;/h6-7,10-11,21H,3-5,8-9H2,2H3;6-7,10,12,20H,3-5,8-9H2,1-2H3;2-3,6-7,11-12H,4-5,8-10H2,1H3;1H. The van der Waals surface area contributed by atoms with Gasteiger partial charge in [0.2, 0.25) is 25.7 Å². The summed E-state index contributed by atoms with van der Waals surface area (Å²) in [4.78, 5) is 35.3. The maximum atomic E-state index is 13.8. The second kappa shape index (κ2) is 23.8. The van der Waals surface area contributed by atoms with Crippen LogP contribution in [0.1, 0.15) is 44.1 Å². The molecular weight excluding hydrogens is 998 g/mol. The van der Waals surface area contributed by atoms with Crippen LogP contribution >= 0.6 is 12.4 Å². The Hall–Kier alpha value is -5.51. The summed E-state index contributed by atoms with van der Waals surface area (Å²) in [6.07, 6.45) is 13.8. The fourth-order valence-electron chi connectivity index (χ4n) is 9.27. The number of fused-ring (bicyclic) bond motifs is 3. The zero-order chi connectivity index (χ0) is 50.2. The highest BCUT2D eigenvalue weighted by Crippen LogP contribution is 2.33. The highest BCUT2D eigenvalue weighted by molar-refractivity contribution is 7.90. The molecule has 3 aromatic heterocycles. The normalized spacial score (nSPS) is 18.7. The summed E-state index contributed by atoms with van der Waals surface area (Å²) in [5, 5.41) is 2.49. The fraction of sp³-hybridized carbons (Fsp3) is 0.468. The molecule has 18 nitrogen and oxygen atoms in total. The second-order valence-electron chi connectivity index (χ2n) is 18.4. The van der Waals surface area contributed by atoms with Gasteiger partial charge in [0.25, 0.3) is 0 Å². The minimum atomic E-state index is -3.22. The number of anilines is 3. The van der Waals surface area contributed by atoms with E-state index >= 15 is 0 Å². The molecule has 0 spiro atoms. The summed E-state index contributed by atoms with van der Waals surface area (Å²) in [5.74, 6) is 2.30. The Bertz CT molecular complexity index is 3220. The molecule has 3 aliphatic heterocycles. The lowest BCUT2D eigenvalue weighted by atomic mass is 9.98. The molecule has 9 rings (SSSR count). The summed E-state index contributed by atoms with van der Waals surface area (Å²) in [5.41, 5.74) is 2.46. The van der Waals surface area contributed by atoms with E-state index in [9.17, 15) is 34.0 Å². The summed E-state index contributed by atoms with van der Waals surface area (Å²) >= 11 is 0. The van der Waals surface area contributed by atoms with E-state index in [4.69, 9.17) is 6.57 Å². The molecule has 0 radical (unpaired) electrons. The second-order valence-corrected chi connectivity index (χ2v) is 24.2. The molecule has 6 aromatic rings. The molecule has 3 fully saturated rings. The van der Waals surface area contributed by atoms with Gasteiger partial charge >= 0.3 is 0 Å². The molecule has 3 saturated heterocycles. The minimum absolute atomic E-state index is 0. The molecule has 6 heterocycles. The maximum absolute atomic E-state index is 13.8. The number of aromatic nitrogens is 6. The Morgan fingerprint density at radius 2 is 1.04 bits per heavy atom. The fourth-order valence-corrected chi connectivity index (χ4v) is 11.5. The number of rotatable bonds is 11. The van der Waals surface area contributed by atoms with E-state index in [0.717, 1.165) is 98.9 Å². The van der Waals surface area contributed by atoms with E-state index < -0.39 is 35.7 Å². The monoisotopic (exact) mass is 1060 g/mol. The van der Waals surface area contributed by atoms with Crippen molar-refractivity contribution in [1.29, 1.82) is 0 Å². The van der Waals surface area contributed by atoms with E-state index in [0.29, 0.717) is 54.0 Å². The molecule has 24 heteroatoms. The van der Waals surface area contributed by atoms with Crippen molar-refractivity contribution in [3.8, 4) is 0 Å².